The molecule has 2 rings (SSSR count). The number of halogens is 5. The molecule has 0 amide bonds. The molecule has 0 radical (unpaired) electrons. The first-order valence-corrected chi connectivity index (χ1v) is 8.59. The molecule has 0 bridgehead atoms. The van der Waals surface area contributed by atoms with E-state index in [1.54, 1.807) is 0 Å². The first-order valence-electron chi connectivity index (χ1n) is 6.73. The summed E-state index contributed by atoms with van der Waals surface area (Å²) in [6, 6.07) is 4.72. The summed E-state index contributed by atoms with van der Waals surface area (Å²) in [5, 5.41) is -0.0130. The standard InChI is InChI=1S/C15H10ClF4NO4S/c1-25-14(22)10-6-8(2-4-12(10)16)21-26(23,24)9-3-5-13(17)11(7-9)15(18,19)20/h2-7,21H,1H3. The largest absolute Gasteiger partial charge is 0.465 e. The highest BCUT2D eigenvalue weighted by atomic mass is 35.5. The summed E-state index contributed by atoms with van der Waals surface area (Å²) >= 11 is 5.80. The molecule has 0 aliphatic rings. The van der Waals surface area contributed by atoms with Gasteiger partial charge in [0.1, 0.15) is 5.82 Å². The Balaban J connectivity index is 2.43. The lowest BCUT2D eigenvalue weighted by molar-refractivity contribution is -0.140. The maximum atomic E-state index is 13.3. The highest BCUT2D eigenvalue weighted by molar-refractivity contribution is 7.92. The molecule has 0 spiro atoms. The van der Waals surface area contributed by atoms with E-state index in [0.29, 0.717) is 12.1 Å². The molecule has 26 heavy (non-hydrogen) atoms. The highest BCUT2D eigenvalue weighted by Crippen LogP contribution is 2.33. The summed E-state index contributed by atoms with van der Waals surface area (Å²) in [5.74, 6) is -2.44. The molecule has 0 aliphatic heterocycles. The molecule has 11 heteroatoms. The second kappa shape index (κ2) is 7.12. The molecule has 0 heterocycles. The number of esters is 1. The average Bonchev–Trinajstić information content (AvgIpc) is 2.54. The molecule has 0 saturated carbocycles. The Hall–Kier alpha value is -2.33. The number of methoxy groups -OCH3 is 1. The topological polar surface area (TPSA) is 72.5 Å². The van der Waals surface area contributed by atoms with Gasteiger partial charge in [-0.2, -0.15) is 13.2 Å². The number of carbonyl (C=O) groups excluding carboxylic acids is 1. The molecule has 0 fully saturated rings. The van der Waals surface area contributed by atoms with E-state index >= 15 is 0 Å². The first-order chi connectivity index (χ1) is 12.0. The number of nitrogens with one attached hydrogen (secondary N) is 1. The smallest absolute Gasteiger partial charge is 0.419 e. The van der Waals surface area contributed by atoms with Gasteiger partial charge in [0.05, 0.1) is 28.2 Å². The minimum absolute atomic E-state index is 0.0130. The van der Waals surface area contributed by atoms with Crippen LogP contribution in [-0.4, -0.2) is 21.5 Å². The van der Waals surface area contributed by atoms with Gasteiger partial charge in [0, 0.05) is 5.69 Å². The zero-order valence-corrected chi connectivity index (χ0v) is 14.5. The van der Waals surface area contributed by atoms with E-state index in [0.717, 1.165) is 13.2 Å². The summed E-state index contributed by atoms with van der Waals surface area (Å²) < 4.78 is 82.6. The summed E-state index contributed by atoms with van der Waals surface area (Å²) in [6.45, 7) is 0. The van der Waals surface area contributed by atoms with Crippen LogP contribution in [0.2, 0.25) is 5.02 Å². The van der Waals surface area contributed by atoms with Crippen LogP contribution >= 0.6 is 11.6 Å². The molecule has 2 aromatic carbocycles. The molecule has 0 atom stereocenters. The Bertz CT molecular complexity index is 961. The third kappa shape index (κ3) is 4.25. The van der Waals surface area contributed by atoms with Crippen molar-refractivity contribution in [1.29, 1.82) is 0 Å². The summed E-state index contributed by atoms with van der Waals surface area (Å²) in [6.07, 6.45) is -5.06. The van der Waals surface area contributed by atoms with Gasteiger partial charge >= 0.3 is 12.1 Å². The van der Waals surface area contributed by atoms with Crippen molar-refractivity contribution in [1.82, 2.24) is 0 Å². The van der Waals surface area contributed by atoms with Crippen molar-refractivity contribution >= 4 is 33.3 Å². The molecule has 1 N–H and O–H groups in total. The number of sulfonamides is 1. The van der Waals surface area contributed by atoms with E-state index in [1.165, 1.54) is 12.1 Å². The van der Waals surface area contributed by atoms with Crippen LogP contribution < -0.4 is 4.72 Å². The lowest BCUT2D eigenvalue weighted by atomic mass is 10.2. The number of alkyl halides is 3. The Morgan fingerprint density at radius 2 is 1.81 bits per heavy atom. The fourth-order valence-corrected chi connectivity index (χ4v) is 3.23. The average molecular weight is 412 g/mol. The Morgan fingerprint density at radius 3 is 2.38 bits per heavy atom. The van der Waals surface area contributed by atoms with Crippen molar-refractivity contribution in [2.45, 2.75) is 11.1 Å². The third-order valence-electron chi connectivity index (χ3n) is 3.18. The van der Waals surface area contributed by atoms with Gasteiger partial charge in [-0.05, 0) is 36.4 Å². The SMILES string of the molecule is COC(=O)c1cc(NS(=O)(=O)c2ccc(F)c(C(F)(F)F)c2)ccc1Cl. The Morgan fingerprint density at radius 1 is 1.15 bits per heavy atom. The molecular formula is C15H10ClF4NO4S. The van der Waals surface area contributed by atoms with Gasteiger partial charge in [-0.1, -0.05) is 11.6 Å². The van der Waals surface area contributed by atoms with E-state index < -0.39 is 38.4 Å². The monoisotopic (exact) mass is 411 g/mol. The number of rotatable bonds is 4. The third-order valence-corrected chi connectivity index (χ3v) is 4.89. The molecule has 0 aromatic heterocycles. The zero-order chi connectivity index (χ0) is 19.7. The van der Waals surface area contributed by atoms with E-state index in [2.05, 4.69) is 4.74 Å². The van der Waals surface area contributed by atoms with Gasteiger partial charge in [-0.15, -0.1) is 0 Å². The minimum atomic E-state index is -5.06. The lowest BCUT2D eigenvalue weighted by Crippen LogP contribution is -2.16. The van der Waals surface area contributed by atoms with Gasteiger partial charge in [0.2, 0.25) is 0 Å². The van der Waals surface area contributed by atoms with E-state index in [9.17, 15) is 30.8 Å². The van der Waals surface area contributed by atoms with Gasteiger partial charge < -0.3 is 4.74 Å². The van der Waals surface area contributed by atoms with Crippen LogP contribution in [0.3, 0.4) is 0 Å². The fraction of sp³-hybridized carbons (Fsp3) is 0.133. The Labute approximate surface area is 150 Å². The number of hydrogen-bond donors (Lipinski definition) is 1. The van der Waals surface area contributed by atoms with Crippen molar-refractivity contribution in [3.05, 3.63) is 58.4 Å². The van der Waals surface area contributed by atoms with Crippen molar-refractivity contribution in [2.24, 2.45) is 0 Å². The van der Waals surface area contributed by atoms with Gasteiger partial charge in [0.15, 0.2) is 0 Å². The zero-order valence-electron chi connectivity index (χ0n) is 12.9. The quantitative estimate of drug-likeness (QED) is 0.607. The van der Waals surface area contributed by atoms with Crippen molar-refractivity contribution in [3.63, 3.8) is 0 Å². The van der Waals surface area contributed by atoms with Crippen LogP contribution in [0.1, 0.15) is 15.9 Å². The van der Waals surface area contributed by atoms with Gasteiger partial charge in [-0.25, -0.2) is 17.6 Å². The van der Waals surface area contributed by atoms with Crippen LogP contribution in [0.15, 0.2) is 41.3 Å². The number of anilines is 1. The van der Waals surface area contributed by atoms with Gasteiger partial charge in [0.25, 0.3) is 10.0 Å². The van der Waals surface area contributed by atoms with Crippen molar-refractivity contribution < 1.29 is 35.5 Å². The number of ether oxygens (including phenoxy) is 1. The van der Waals surface area contributed by atoms with Crippen LogP contribution in [0.4, 0.5) is 23.2 Å². The number of carbonyl (C=O) groups is 1. The van der Waals surface area contributed by atoms with E-state index in [1.807, 2.05) is 4.72 Å². The highest BCUT2D eigenvalue weighted by Gasteiger charge is 2.35. The van der Waals surface area contributed by atoms with Crippen LogP contribution in [-0.2, 0) is 20.9 Å². The van der Waals surface area contributed by atoms with Crippen LogP contribution in [0, 0.1) is 5.82 Å². The first kappa shape index (κ1) is 20.0. The van der Waals surface area contributed by atoms with Crippen LogP contribution in [0.25, 0.3) is 0 Å². The molecule has 140 valence electrons. The van der Waals surface area contributed by atoms with Crippen molar-refractivity contribution in [3.8, 4) is 0 Å². The van der Waals surface area contributed by atoms with Crippen molar-refractivity contribution in [2.75, 3.05) is 11.8 Å². The molecule has 5 nitrogen and oxygen atoms in total. The lowest BCUT2D eigenvalue weighted by Gasteiger charge is -2.12. The second-order valence-corrected chi connectivity index (χ2v) is 7.02. The number of hydrogen-bond acceptors (Lipinski definition) is 4. The molecule has 0 aliphatic carbocycles. The van der Waals surface area contributed by atoms with E-state index in [-0.39, 0.29) is 22.3 Å². The fourth-order valence-electron chi connectivity index (χ4n) is 1.96. The summed E-state index contributed by atoms with van der Waals surface area (Å²) in [5.41, 5.74) is -2.01. The van der Waals surface area contributed by atoms with Crippen LogP contribution in [0.5, 0.6) is 0 Å². The maximum Gasteiger partial charge on any atom is 0.419 e. The Kier molecular flexibility index (Phi) is 5.47. The second-order valence-electron chi connectivity index (χ2n) is 4.93. The molecule has 2 aromatic rings. The molecular weight excluding hydrogens is 402 g/mol. The molecule has 0 unspecified atom stereocenters. The van der Waals surface area contributed by atoms with E-state index in [4.69, 9.17) is 11.6 Å². The summed E-state index contributed by atoms with van der Waals surface area (Å²) in [7, 11) is -3.40. The predicted molar refractivity (Wildman–Crippen MR) is 85.0 cm³/mol. The maximum absolute atomic E-state index is 13.3. The predicted octanol–water partition coefficient (Wildman–Crippen LogP) is 4.09. The molecule has 0 saturated heterocycles. The minimum Gasteiger partial charge on any atom is -0.465 e. The normalized spacial score (nSPS) is 11.9. The number of benzene rings is 2. The summed E-state index contributed by atoms with van der Waals surface area (Å²) in [4.78, 5) is 10.8. The van der Waals surface area contributed by atoms with Gasteiger partial charge in [-0.3, -0.25) is 4.72 Å².